The average molecular weight is 280 g/mol. The Morgan fingerprint density at radius 2 is 1.75 bits per heavy atom. The van der Waals surface area contributed by atoms with Crippen molar-refractivity contribution < 1.29 is 14.0 Å². The minimum Gasteiger partial charge on any atom is -0.347 e. The van der Waals surface area contributed by atoms with E-state index in [1.165, 1.54) is 17.0 Å². The Hall–Kier alpha value is -1.91. The van der Waals surface area contributed by atoms with Gasteiger partial charge in [0.1, 0.15) is 5.82 Å². The number of amides is 2. The molecular formula is C15H21FN2O2. The number of rotatable bonds is 4. The first-order valence-electron chi connectivity index (χ1n) is 6.47. The van der Waals surface area contributed by atoms with Gasteiger partial charge in [0, 0.05) is 19.0 Å². The van der Waals surface area contributed by atoms with E-state index in [2.05, 4.69) is 5.32 Å². The van der Waals surface area contributed by atoms with Gasteiger partial charge in [-0.1, -0.05) is 32.9 Å². The molecule has 0 aromatic heterocycles. The van der Waals surface area contributed by atoms with E-state index in [0.29, 0.717) is 6.54 Å². The summed E-state index contributed by atoms with van der Waals surface area (Å²) in [6, 6.07) is 5.98. The molecule has 1 aromatic rings. The van der Waals surface area contributed by atoms with Crippen molar-refractivity contribution >= 4 is 11.8 Å². The van der Waals surface area contributed by atoms with E-state index in [1.54, 1.807) is 40.0 Å². The summed E-state index contributed by atoms with van der Waals surface area (Å²) in [5.74, 6) is -0.659. The van der Waals surface area contributed by atoms with Gasteiger partial charge >= 0.3 is 0 Å². The van der Waals surface area contributed by atoms with Gasteiger partial charge in [0.05, 0.1) is 6.54 Å². The molecule has 0 spiro atoms. The van der Waals surface area contributed by atoms with Crippen molar-refractivity contribution in [2.45, 2.75) is 27.3 Å². The first kappa shape index (κ1) is 16.1. The summed E-state index contributed by atoms with van der Waals surface area (Å²) >= 11 is 0. The maximum Gasteiger partial charge on any atom is 0.242 e. The van der Waals surface area contributed by atoms with Gasteiger partial charge in [-0.25, -0.2) is 4.39 Å². The normalized spacial score (nSPS) is 11.1. The number of benzene rings is 1. The lowest BCUT2D eigenvalue weighted by Crippen LogP contribution is -2.42. The van der Waals surface area contributed by atoms with Crippen LogP contribution >= 0.6 is 0 Å². The Kier molecular flexibility index (Phi) is 5.25. The van der Waals surface area contributed by atoms with Crippen molar-refractivity contribution in [3.8, 4) is 0 Å². The summed E-state index contributed by atoms with van der Waals surface area (Å²) in [7, 11) is 1.65. The van der Waals surface area contributed by atoms with Gasteiger partial charge in [-0.2, -0.15) is 0 Å². The Labute approximate surface area is 119 Å². The van der Waals surface area contributed by atoms with Crippen molar-refractivity contribution in [1.29, 1.82) is 0 Å². The molecule has 4 nitrogen and oxygen atoms in total. The van der Waals surface area contributed by atoms with Crippen LogP contribution in [-0.4, -0.2) is 30.3 Å². The van der Waals surface area contributed by atoms with E-state index < -0.39 is 5.41 Å². The molecule has 0 aliphatic heterocycles. The average Bonchev–Trinajstić information content (AvgIpc) is 2.36. The highest BCUT2D eigenvalue weighted by molar-refractivity contribution is 5.87. The maximum absolute atomic E-state index is 12.8. The van der Waals surface area contributed by atoms with E-state index in [1.807, 2.05) is 0 Å². The molecule has 1 N–H and O–H groups in total. The fourth-order valence-corrected chi connectivity index (χ4v) is 1.51. The Balaban J connectivity index is 2.47. The number of carbonyl (C=O) groups is 2. The van der Waals surface area contributed by atoms with Gasteiger partial charge in [-0.05, 0) is 17.7 Å². The minimum absolute atomic E-state index is 0.0339. The Bertz CT molecular complexity index is 478. The zero-order chi connectivity index (χ0) is 15.3. The predicted molar refractivity (Wildman–Crippen MR) is 75.3 cm³/mol. The second-order valence-electron chi connectivity index (χ2n) is 5.81. The number of nitrogens with one attached hydrogen (secondary N) is 1. The van der Waals surface area contributed by atoms with Crippen LogP contribution < -0.4 is 5.32 Å². The van der Waals surface area contributed by atoms with Crippen LogP contribution in [0.5, 0.6) is 0 Å². The minimum atomic E-state index is -0.518. The van der Waals surface area contributed by atoms with Crippen LogP contribution in [0.25, 0.3) is 0 Å². The fraction of sp³-hybridized carbons (Fsp3) is 0.467. The second-order valence-corrected chi connectivity index (χ2v) is 5.81. The molecule has 0 unspecified atom stereocenters. The van der Waals surface area contributed by atoms with Crippen LogP contribution in [0.15, 0.2) is 24.3 Å². The van der Waals surface area contributed by atoms with Crippen LogP contribution in [-0.2, 0) is 16.1 Å². The topological polar surface area (TPSA) is 49.4 Å². The predicted octanol–water partition coefficient (Wildman–Crippen LogP) is 1.95. The molecule has 0 aliphatic carbocycles. The van der Waals surface area contributed by atoms with Crippen molar-refractivity contribution in [2.75, 3.05) is 13.6 Å². The number of halogens is 1. The highest BCUT2D eigenvalue weighted by Crippen LogP contribution is 2.12. The summed E-state index contributed by atoms with van der Waals surface area (Å²) < 4.78 is 12.8. The maximum atomic E-state index is 12.8. The lowest BCUT2D eigenvalue weighted by atomic mass is 9.96. The summed E-state index contributed by atoms with van der Waals surface area (Å²) in [5.41, 5.74) is 0.319. The van der Waals surface area contributed by atoms with Gasteiger partial charge in [0.2, 0.25) is 11.8 Å². The molecule has 0 fully saturated rings. The van der Waals surface area contributed by atoms with Crippen LogP contribution in [0, 0.1) is 11.2 Å². The molecule has 110 valence electrons. The highest BCUT2D eigenvalue weighted by atomic mass is 19.1. The molecule has 20 heavy (non-hydrogen) atoms. The summed E-state index contributed by atoms with van der Waals surface area (Å²) in [6.07, 6.45) is 0. The van der Waals surface area contributed by atoms with Crippen LogP contribution in [0.1, 0.15) is 26.3 Å². The molecule has 0 atom stereocenters. The fourth-order valence-electron chi connectivity index (χ4n) is 1.51. The van der Waals surface area contributed by atoms with Gasteiger partial charge in [-0.3, -0.25) is 9.59 Å². The zero-order valence-electron chi connectivity index (χ0n) is 12.4. The molecule has 0 bridgehead atoms. The molecule has 2 amide bonds. The number of carbonyl (C=O) groups excluding carboxylic acids is 2. The SMILES string of the molecule is CN(Cc1ccc(F)cc1)C(=O)CNC(=O)C(C)(C)C. The van der Waals surface area contributed by atoms with Gasteiger partial charge < -0.3 is 10.2 Å². The smallest absolute Gasteiger partial charge is 0.242 e. The third-order valence-corrected chi connectivity index (χ3v) is 2.84. The van der Waals surface area contributed by atoms with E-state index in [9.17, 15) is 14.0 Å². The highest BCUT2D eigenvalue weighted by Gasteiger charge is 2.22. The molecule has 1 aromatic carbocycles. The van der Waals surface area contributed by atoms with E-state index >= 15 is 0 Å². The second kappa shape index (κ2) is 6.50. The van der Waals surface area contributed by atoms with E-state index in [4.69, 9.17) is 0 Å². The van der Waals surface area contributed by atoms with Crippen LogP contribution in [0.4, 0.5) is 4.39 Å². The van der Waals surface area contributed by atoms with Crippen molar-refractivity contribution in [3.63, 3.8) is 0 Å². The monoisotopic (exact) mass is 280 g/mol. The van der Waals surface area contributed by atoms with Gasteiger partial charge in [0.25, 0.3) is 0 Å². The lowest BCUT2D eigenvalue weighted by molar-refractivity contribution is -0.134. The lowest BCUT2D eigenvalue weighted by Gasteiger charge is -2.20. The first-order valence-corrected chi connectivity index (χ1v) is 6.47. The molecule has 0 heterocycles. The van der Waals surface area contributed by atoms with Crippen LogP contribution in [0.2, 0.25) is 0 Å². The molecule has 0 saturated carbocycles. The number of hydrogen-bond donors (Lipinski definition) is 1. The molecule has 1 rings (SSSR count). The molecule has 0 radical (unpaired) electrons. The van der Waals surface area contributed by atoms with Crippen molar-refractivity contribution in [2.24, 2.45) is 5.41 Å². The third kappa shape index (κ3) is 4.99. The Morgan fingerprint density at radius 1 is 1.20 bits per heavy atom. The first-order chi connectivity index (χ1) is 9.20. The van der Waals surface area contributed by atoms with E-state index in [-0.39, 0.29) is 24.2 Å². The number of hydrogen-bond acceptors (Lipinski definition) is 2. The Morgan fingerprint density at radius 3 is 2.25 bits per heavy atom. The largest absolute Gasteiger partial charge is 0.347 e. The molecule has 5 heteroatoms. The standard InChI is InChI=1S/C15H21FN2O2/c1-15(2,3)14(20)17-9-13(19)18(4)10-11-5-7-12(16)8-6-11/h5-8H,9-10H2,1-4H3,(H,17,20). The van der Waals surface area contributed by atoms with E-state index in [0.717, 1.165) is 5.56 Å². The summed E-state index contributed by atoms with van der Waals surface area (Å²) in [4.78, 5) is 25.0. The third-order valence-electron chi connectivity index (χ3n) is 2.84. The van der Waals surface area contributed by atoms with Crippen molar-refractivity contribution in [1.82, 2.24) is 10.2 Å². The summed E-state index contributed by atoms with van der Waals surface area (Å²) in [5, 5.41) is 2.61. The summed E-state index contributed by atoms with van der Waals surface area (Å²) in [6.45, 7) is 5.71. The van der Waals surface area contributed by atoms with Gasteiger partial charge in [0.15, 0.2) is 0 Å². The van der Waals surface area contributed by atoms with Crippen LogP contribution in [0.3, 0.4) is 0 Å². The van der Waals surface area contributed by atoms with Gasteiger partial charge in [-0.15, -0.1) is 0 Å². The molecule has 0 aliphatic rings. The quantitative estimate of drug-likeness (QED) is 0.916. The molecular weight excluding hydrogens is 259 g/mol. The van der Waals surface area contributed by atoms with Crippen molar-refractivity contribution in [3.05, 3.63) is 35.6 Å². The zero-order valence-corrected chi connectivity index (χ0v) is 12.4. The number of nitrogens with zero attached hydrogens (tertiary/aromatic N) is 1. The number of likely N-dealkylation sites (N-methyl/N-ethyl adjacent to an activating group) is 1. The molecule has 0 saturated heterocycles.